The van der Waals surface area contributed by atoms with Crippen LogP contribution in [0.1, 0.15) is 109 Å². The lowest BCUT2D eigenvalue weighted by Crippen LogP contribution is -2.54. The van der Waals surface area contributed by atoms with Gasteiger partial charge >= 0.3 is 17.1 Å². The van der Waals surface area contributed by atoms with Crippen LogP contribution in [0.15, 0.2) is 180 Å². The number of carbonyl (C=O) groups is 5. The summed E-state index contributed by atoms with van der Waals surface area (Å²) in [7, 11) is 8.59. The summed E-state index contributed by atoms with van der Waals surface area (Å²) in [6.07, 6.45) is 4.17. The predicted molar refractivity (Wildman–Crippen MR) is 519 cm³/mol. The van der Waals surface area contributed by atoms with Crippen LogP contribution in [0.5, 0.6) is 0 Å². The van der Waals surface area contributed by atoms with Gasteiger partial charge in [-0.2, -0.15) is 15.0 Å². The molecule has 28 nitrogen and oxygen atoms in total. The molecule has 6 aliphatic rings. The number of hydrogen-bond donors (Lipinski definition) is 0. The molecule has 6 aliphatic heterocycles. The van der Waals surface area contributed by atoms with Gasteiger partial charge < -0.3 is 53.9 Å². The molecule has 0 spiro atoms. The number of halogens is 6. The summed E-state index contributed by atoms with van der Waals surface area (Å²) in [6.45, 7) is 32.6. The zero-order chi connectivity index (χ0) is 97.3. The van der Waals surface area contributed by atoms with E-state index in [1.54, 1.807) is 44.8 Å². The minimum atomic E-state index is -0.840. The topological polar surface area (TPSA) is 264 Å². The number of anilines is 8. The Labute approximate surface area is 782 Å². The number of nitrogens with zero attached hydrogens (tertiary/aromatic N) is 20. The second-order valence-electron chi connectivity index (χ2n) is 36.1. The van der Waals surface area contributed by atoms with Crippen molar-refractivity contribution in [2.45, 2.75) is 111 Å². The third-order valence-electron chi connectivity index (χ3n) is 26.5. The normalized spacial score (nSPS) is 16.8. The summed E-state index contributed by atoms with van der Waals surface area (Å²) in [4.78, 5) is 154. The summed E-state index contributed by atoms with van der Waals surface area (Å²) in [5, 5.41) is 0.847. The van der Waals surface area contributed by atoms with Gasteiger partial charge in [-0.05, 0) is 152 Å². The first-order valence-electron chi connectivity index (χ1n) is 45.3. The first kappa shape index (κ1) is 94.3. The molecule has 34 heteroatoms. The maximum absolute atomic E-state index is 16.3. The highest BCUT2D eigenvalue weighted by molar-refractivity contribution is 6.03. The van der Waals surface area contributed by atoms with Crippen molar-refractivity contribution in [1.82, 2.24) is 58.3 Å². The lowest BCUT2D eigenvalue weighted by atomic mass is 9.95. The number of likely N-dealkylation sites (N-methyl/N-ethyl adjacent to an activating group) is 4. The Hall–Kier alpha value is -14.9. The number of aromatic nitrogens is 9. The number of para-hydroxylation sites is 3. The van der Waals surface area contributed by atoms with E-state index in [1.807, 2.05) is 151 Å². The van der Waals surface area contributed by atoms with Gasteiger partial charge in [-0.1, -0.05) is 122 Å². The zero-order valence-electron chi connectivity index (χ0n) is 78.3. The average Bonchev–Trinajstić information content (AvgIpc) is 0.735. The first-order valence-corrected chi connectivity index (χ1v) is 45.3. The quantitative estimate of drug-likeness (QED) is 0.0960. The number of piperazine rings is 3. The number of hydrogen-bond acceptors (Lipinski definition) is 20. The van der Waals surface area contributed by atoms with E-state index in [0.717, 1.165) is 27.9 Å². The van der Waals surface area contributed by atoms with Gasteiger partial charge in [0.05, 0.1) is 79.2 Å². The molecule has 0 radical (unpaired) electrons. The molecule has 3 fully saturated rings. The Morgan fingerprint density at radius 1 is 0.360 bits per heavy atom. The van der Waals surface area contributed by atoms with E-state index in [4.69, 9.17) is 15.0 Å². The van der Waals surface area contributed by atoms with Gasteiger partial charge in [0.1, 0.15) is 52.0 Å². The SMILES string of the molecule is C=CC(=O)N1CCN(c2nc(=O)n3c4nc(c(F)cc24)-c2c(F)cccc2N(C)C(=O)CCc2cccc(C(C)C)c2-3)[C@@H](C)C1.C=CC(=O)N1CCN(c2nc(=O)n3c4nc(c(F)cc24)-c2c(F)cccc2N(C)C(=O)CN(C)c2cccc(C(C)C)c2-3)[C@@H](C)C1.C=CC(=O)N1CCN(c2nc(=O)n3c4nc(c(F)cc24)-c2c(F)cccc2N(C)CCN(C)c2cccc(C(C)C)c2-3)[C@@H](C)C1. The molecule has 0 N–H and O–H groups in total. The molecule has 3 atom stereocenters. The molecule has 6 aromatic carbocycles. The molecule has 136 heavy (non-hydrogen) atoms. The van der Waals surface area contributed by atoms with Crippen molar-refractivity contribution >= 4 is 109 Å². The number of pyridine rings is 3. The van der Waals surface area contributed by atoms with Crippen molar-refractivity contribution in [2.24, 2.45) is 0 Å². The van der Waals surface area contributed by atoms with Crippen molar-refractivity contribution < 1.29 is 50.3 Å². The van der Waals surface area contributed by atoms with Gasteiger partial charge in [0.25, 0.3) is 0 Å². The standard InChI is InChI=1S/C34H35F2N7O3.C34H37F2N7O2.C34H34F2N6O3/c1-7-27(44)41-14-15-42(20(4)17-41)32-22-16-24(36)30-29-23(35)11-9-12-25(29)40(6)28(45)18-39(5)26-13-8-10-21(19(2)3)31(26)43(33(22)37-30)34(46)38-32;1-7-28(44)41-16-17-42(21(4)19-41)32-23-18-25(36)30-29-24(35)11-9-12-26(29)39(5)14-15-40(6)27-13-8-10-22(20(2)3)31(27)43(33(23)37-30)34(45)38-32;1-6-27(43)40-15-16-41(20(4)18-40)32-23-17-25(36)30-29-24(35)11-8-12-26(29)39(5)28(44)14-13-21-9-7-10-22(19(2)3)31(21)42(33(23)37-30)34(45)38-32/h7-13,16,19-20H,1,14-15,17-18H2,2-6H3;7-13,18,20-21H,1,14-17,19H2,2-6H3;6-12,17,19-20H,1,13-16,18H2,2-5H3/t20-;21-;20-/m000/s1. The Kier molecular flexibility index (Phi) is 26.3. The number of amides is 5. The van der Waals surface area contributed by atoms with Crippen LogP contribution < -0.4 is 56.3 Å². The summed E-state index contributed by atoms with van der Waals surface area (Å²) >= 11 is 0. The lowest BCUT2D eigenvalue weighted by molar-refractivity contribution is -0.127. The van der Waals surface area contributed by atoms with E-state index in [1.165, 1.54) is 110 Å². The first-order chi connectivity index (χ1) is 64.9. The van der Waals surface area contributed by atoms with Gasteiger partial charge in [0.2, 0.25) is 29.5 Å². The van der Waals surface area contributed by atoms with Crippen LogP contribution in [0.3, 0.4) is 0 Å². The third kappa shape index (κ3) is 17.1. The van der Waals surface area contributed by atoms with Crippen molar-refractivity contribution in [3.63, 3.8) is 0 Å². The molecule has 3 saturated heterocycles. The van der Waals surface area contributed by atoms with Gasteiger partial charge in [0.15, 0.2) is 34.4 Å². The van der Waals surface area contributed by atoms with E-state index < -0.39 is 52.0 Å². The van der Waals surface area contributed by atoms with Gasteiger partial charge in [-0.25, -0.2) is 69.4 Å². The summed E-state index contributed by atoms with van der Waals surface area (Å²) < 4.78 is 100. The largest absolute Gasteiger partial charge is 0.372 e. The molecular weight excluding hydrogens is 1750 g/mol. The van der Waals surface area contributed by atoms with Crippen molar-refractivity contribution in [3.8, 4) is 50.8 Å². The Morgan fingerprint density at radius 3 is 1.03 bits per heavy atom. The maximum Gasteiger partial charge on any atom is 0.355 e. The average molecular weight is 1850 g/mol. The van der Waals surface area contributed by atoms with Crippen LogP contribution in [0.25, 0.3) is 83.9 Å². The van der Waals surface area contributed by atoms with E-state index >= 15 is 26.3 Å². The second-order valence-corrected chi connectivity index (χ2v) is 36.1. The molecule has 18 rings (SSSR count). The van der Waals surface area contributed by atoms with Crippen molar-refractivity contribution in [1.29, 1.82) is 0 Å². The summed E-state index contributed by atoms with van der Waals surface area (Å²) in [5.41, 5.74) is 4.35. The third-order valence-corrected chi connectivity index (χ3v) is 26.5. The highest BCUT2D eigenvalue weighted by Gasteiger charge is 2.39. The number of carbonyl (C=O) groups excluding carboxylic acids is 5. The summed E-state index contributed by atoms with van der Waals surface area (Å²) in [5.74, 6) is -5.11. The number of aryl methyl sites for hydroxylation is 1. The van der Waals surface area contributed by atoms with Crippen LogP contribution in [-0.4, -0.2) is 220 Å². The molecule has 12 heterocycles. The molecule has 6 aromatic heterocycles. The van der Waals surface area contributed by atoms with Crippen LogP contribution in [0.2, 0.25) is 0 Å². The second kappa shape index (κ2) is 37.9. The fraction of sp³-hybridized carbons (Fsp3) is 0.333. The predicted octanol–water partition coefficient (Wildman–Crippen LogP) is 14.4. The van der Waals surface area contributed by atoms with Crippen LogP contribution >= 0.6 is 0 Å². The lowest BCUT2D eigenvalue weighted by Gasteiger charge is -2.40. The van der Waals surface area contributed by atoms with Gasteiger partial charge in [-0.15, -0.1) is 0 Å². The molecular formula is C102H106F6N20O8. The fourth-order valence-electron chi connectivity index (χ4n) is 19.3. The molecule has 5 amide bonds. The number of benzene rings is 6. The molecule has 704 valence electrons. The maximum atomic E-state index is 16.3. The van der Waals surface area contributed by atoms with Crippen LogP contribution in [0, 0.1) is 34.9 Å². The van der Waals surface area contributed by atoms with Crippen LogP contribution in [0.4, 0.5) is 72.2 Å². The van der Waals surface area contributed by atoms with Gasteiger partial charge in [-0.3, -0.25) is 24.0 Å². The monoisotopic (exact) mass is 1850 g/mol. The van der Waals surface area contributed by atoms with Crippen LogP contribution in [-0.2, 0) is 30.4 Å². The Balaban J connectivity index is 0.000000148. The van der Waals surface area contributed by atoms with Gasteiger partial charge in [0, 0.05) is 137 Å². The van der Waals surface area contributed by atoms with Crippen molar-refractivity contribution in [3.05, 3.63) is 254 Å². The smallest absolute Gasteiger partial charge is 0.355 e. The molecule has 0 unspecified atom stereocenters. The number of fused-ring (bicyclic) bond motifs is 15. The minimum absolute atomic E-state index is 0.0264. The number of rotatable bonds is 9. The van der Waals surface area contributed by atoms with E-state index in [9.17, 15) is 38.4 Å². The fourth-order valence-corrected chi connectivity index (χ4v) is 19.3. The minimum Gasteiger partial charge on any atom is -0.372 e. The van der Waals surface area contributed by atoms with E-state index in [-0.39, 0.29) is 169 Å². The molecule has 0 aliphatic carbocycles. The summed E-state index contributed by atoms with van der Waals surface area (Å²) in [6, 6.07) is 33.1. The highest BCUT2D eigenvalue weighted by atomic mass is 19.1. The molecule has 12 aromatic rings. The Bertz CT molecular complexity index is 7120. The van der Waals surface area contributed by atoms with Crippen molar-refractivity contribution in [2.75, 3.05) is 153 Å². The molecule has 0 saturated carbocycles. The zero-order valence-corrected chi connectivity index (χ0v) is 78.3. The highest BCUT2D eigenvalue weighted by Crippen LogP contribution is 2.46. The Morgan fingerprint density at radius 2 is 0.669 bits per heavy atom. The van der Waals surface area contributed by atoms with E-state index in [0.29, 0.717) is 112 Å². The van der Waals surface area contributed by atoms with E-state index in [2.05, 4.69) is 39.6 Å². The molecule has 6 bridgehead atoms.